The van der Waals surface area contributed by atoms with E-state index in [1.807, 2.05) is 6.07 Å². The number of hydrogen-bond acceptors (Lipinski definition) is 2. The van der Waals surface area contributed by atoms with Crippen molar-refractivity contribution in [2.75, 3.05) is 6.61 Å². The maximum atomic E-state index is 13.0. The summed E-state index contributed by atoms with van der Waals surface area (Å²) < 4.78 is 5.85. The third kappa shape index (κ3) is 4.12. The zero-order valence-corrected chi connectivity index (χ0v) is 14.6. The summed E-state index contributed by atoms with van der Waals surface area (Å²) in [4.78, 5) is 13.0. The molecule has 0 radical (unpaired) electrons. The summed E-state index contributed by atoms with van der Waals surface area (Å²) in [6.07, 6.45) is 6.65. The average Bonchev–Trinajstić information content (AvgIpc) is 2.52. The molecule has 2 heteroatoms. The van der Waals surface area contributed by atoms with Crippen molar-refractivity contribution in [3.63, 3.8) is 0 Å². The molecule has 1 fully saturated rings. The van der Waals surface area contributed by atoms with Gasteiger partial charge in [-0.1, -0.05) is 53.0 Å². The van der Waals surface area contributed by atoms with Gasteiger partial charge in [0.1, 0.15) is 5.75 Å². The molecule has 1 aromatic rings. The van der Waals surface area contributed by atoms with Crippen LogP contribution in [0.25, 0.3) is 0 Å². The van der Waals surface area contributed by atoms with E-state index in [0.29, 0.717) is 6.61 Å². The number of rotatable bonds is 5. The molecule has 0 bridgehead atoms. The van der Waals surface area contributed by atoms with Gasteiger partial charge in [-0.25, -0.2) is 0 Å². The normalized spacial score (nSPS) is 16.5. The number of Topliss-reactive ketones (excluding diaryl/α,β-unsaturated/α-hetero) is 1. The number of ketones is 1. The van der Waals surface area contributed by atoms with E-state index in [4.69, 9.17) is 4.74 Å². The second-order valence-electron chi connectivity index (χ2n) is 7.51. The minimum atomic E-state index is 0.0465. The Kier molecular flexibility index (Phi) is 5.66. The lowest BCUT2D eigenvalue weighted by molar-refractivity contribution is 0.0885. The first-order chi connectivity index (χ1) is 10.4. The molecular formula is C20H30O2. The van der Waals surface area contributed by atoms with Crippen LogP contribution < -0.4 is 4.74 Å². The van der Waals surface area contributed by atoms with Crippen molar-refractivity contribution < 1.29 is 9.53 Å². The minimum Gasteiger partial charge on any atom is -0.493 e. The molecule has 0 aliphatic heterocycles. The summed E-state index contributed by atoms with van der Waals surface area (Å²) in [5, 5.41) is 0. The quantitative estimate of drug-likeness (QED) is 0.668. The smallest absolute Gasteiger partial charge is 0.169 e. The molecule has 2 rings (SSSR count). The van der Waals surface area contributed by atoms with E-state index < -0.39 is 0 Å². The number of ether oxygens (including phenoxy) is 1. The van der Waals surface area contributed by atoms with Crippen LogP contribution in [0.2, 0.25) is 0 Å². The average molecular weight is 302 g/mol. The molecule has 0 aromatic heterocycles. The zero-order valence-electron chi connectivity index (χ0n) is 14.6. The Morgan fingerprint density at radius 2 is 1.86 bits per heavy atom. The summed E-state index contributed by atoms with van der Waals surface area (Å²) >= 11 is 0. The fourth-order valence-electron chi connectivity index (χ4n) is 3.11. The maximum absolute atomic E-state index is 13.0. The van der Waals surface area contributed by atoms with E-state index in [1.54, 1.807) is 0 Å². The molecule has 0 atom stereocenters. The van der Waals surface area contributed by atoms with Gasteiger partial charge in [0, 0.05) is 5.92 Å². The fraction of sp³-hybridized carbons (Fsp3) is 0.650. The van der Waals surface area contributed by atoms with Gasteiger partial charge in [0.2, 0.25) is 0 Å². The first-order valence-electron chi connectivity index (χ1n) is 8.75. The van der Waals surface area contributed by atoms with Crippen molar-refractivity contribution in [1.82, 2.24) is 0 Å². The second-order valence-corrected chi connectivity index (χ2v) is 7.51. The van der Waals surface area contributed by atoms with Crippen LogP contribution in [0.5, 0.6) is 5.75 Å². The molecule has 1 aromatic carbocycles. The van der Waals surface area contributed by atoms with Gasteiger partial charge in [-0.15, -0.1) is 0 Å². The van der Waals surface area contributed by atoms with Crippen LogP contribution in [0.3, 0.4) is 0 Å². The van der Waals surface area contributed by atoms with Crippen LogP contribution in [0.4, 0.5) is 0 Å². The summed E-state index contributed by atoms with van der Waals surface area (Å²) in [5.74, 6) is 1.25. The molecule has 1 saturated carbocycles. The first-order valence-corrected chi connectivity index (χ1v) is 8.75. The first kappa shape index (κ1) is 17.1. The van der Waals surface area contributed by atoms with Gasteiger partial charge in [0.15, 0.2) is 5.78 Å². The van der Waals surface area contributed by atoms with Crippen molar-refractivity contribution in [3.8, 4) is 5.75 Å². The third-order valence-corrected chi connectivity index (χ3v) is 4.55. The second kappa shape index (κ2) is 7.30. The van der Waals surface area contributed by atoms with Crippen molar-refractivity contribution in [2.45, 2.75) is 71.6 Å². The van der Waals surface area contributed by atoms with Gasteiger partial charge in [-0.05, 0) is 42.4 Å². The van der Waals surface area contributed by atoms with Gasteiger partial charge in [0.25, 0.3) is 0 Å². The third-order valence-electron chi connectivity index (χ3n) is 4.55. The molecule has 1 aliphatic carbocycles. The summed E-state index contributed by atoms with van der Waals surface area (Å²) in [6, 6.07) is 6.16. The Bertz CT molecular complexity index is 505. The largest absolute Gasteiger partial charge is 0.493 e. The lowest BCUT2D eigenvalue weighted by Gasteiger charge is -2.24. The van der Waals surface area contributed by atoms with Gasteiger partial charge in [-0.3, -0.25) is 4.79 Å². The molecular weight excluding hydrogens is 272 g/mol. The monoisotopic (exact) mass is 302 g/mol. The Morgan fingerprint density at radius 1 is 1.18 bits per heavy atom. The minimum absolute atomic E-state index is 0.0465. The molecule has 0 heterocycles. The SMILES string of the molecule is CCCOc1ccc(C(C)(C)C)cc1C(=O)C1CCCCC1. The van der Waals surface area contributed by atoms with Crippen molar-refractivity contribution in [2.24, 2.45) is 5.92 Å². The molecule has 22 heavy (non-hydrogen) atoms. The number of carbonyl (C=O) groups excluding carboxylic acids is 1. The van der Waals surface area contributed by atoms with Crippen LogP contribution in [0.15, 0.2) is 18.2 Å². The van der Waals surface area contributed by atoms with Crippen LogP contribution in [-0.2, 0) is 5.41 Å². The summed E-state index contributed by atoms with van der Waals surface area (Å²) in [6.45, 7) is 9.31. The van der Waals surface area contributed by atoms with Crippen molar-refractivity contribution in [3.05, 3.63) is 29.3 Å². The van der Waals surface area contributed by atoms with Crippen LogP contribution in [0.1, 0.15) is 82.1 Å². The predicted octanol–water partition coefficient (Wildman–Crippen LogP) is 5.54. The van der Waals surface area contributed by atoms with Crippen LogP contribution in [-0.4, -0.2) is 12.4 Å². The van der Waals surface area contributed by atoms with Gasteiger partial charge >= 0.3 is 0 Å². The predicted molar refractivity (Wildman–Crippen MR) is 91.8 cm³/mol. The van der Waals surface area contributed by atoms with Gasteiger partial charge in [-0.2, -0.15) is 0 Å². The Labute approximate surface area is 135 Å². The summed E-state index contributed by atoms with van der Waals surface area (Å²) in [7, 11) is 0. The van der Waals surface area contributed by atoms with Crippen molar-refractivity contribution >= 4 is 5.78 Å². The van der Waals surface area contributed by atoms with E-state index >= 15 is 0 Å². The standard InChI is InChI=1S/C20H30O2/c1-5-13-22-18-12-11-16(20(2,3)4)14-17(18)19(21)15-9-7-6-8-10-15/h11-12,14-15H,5-10,13H2,1-4H3. The summed E-state index contributed by atoms with van der Waals surface area (Å²) in [5.41, 5.74) is 2.05. The highest BCUT2D eigenvalue weighted by molar-refractivity contribution is 6.00. The zero-order chi connectivity index (χ0) is 16.2. The van der Waals surface area contributed by atoms with E-state index in [0.717, 1.165) is 30.6 Å². The molecule has 1 aliphatic rings. The Balaban J connectivity index is 2.33. The fourth-order valence-corrected chi connectivity index (χ4v) is 3.11. The highest BCUT2D eigenvalue weighted by Crippen LogP contribution is 2.33. The lowest BCUT2D eigenvalue weighted by Crippen LogP contribution is -2.20. The molecule has 2 nitrogen and oxygen atoms in total. The van der Waals surface area contributed by atoms with E-state index in [9.17, 15) is 4.79 Å². The number of benzene rings is 1. The van der Waals surface area contributed by atoms with Gasteiger partial charge in [0.05, 0.1) is 12.2 Å². The highest BCUT2D eigenvalue weighted by Gasteiger charge is 2.26. The van der Waals surface area contributed by atoms with E-state index in [-0.39, 0.29) is 17.1 Å². The molecule has 0 saturated heterocycles. The molecule has 0 amide bonds. The molecule has 0 spiro atoms. The molecule has 0 N–H and O–H groups in total. The van der Waals surface area contributed by atoms with Crippen LogP contribution in [0, 0.1) is 5.92 Å². The lowest BCUT2D eigenvalue weighted by atomic mass is 9.81. The number of carbonyl (C=O) groups is 1. The van der Waals surface area contributed by atoms with E-state index in [1.165, 1.54) is 24.8 Å². The number of hydrogen-bond donors (Lipinski definition) is 0. The maximum Gasteiger partial charge on any atom is 0.169 e. The Hall–Kier alpha value is -1.31. The van der Waals surface area contributed by atoms with Crippen LogP contribution >= 0.6 is 0 Å². The Morgan fingerprint density at radius 3 is 2.45 bits per heavy atom. The van der Waals surface area contributed by atoms with E-state index in [2.05, 4.69) is 39.8 Å². The van der Waals surface area contributed by atoms with Gasteiger partial charge < -0.3 is 4.74 Å². The molecule has 122 valence electrons. The molecule has 0 unspecified atom stereocenters. The van der Waals surface area contributed by atoms with Crippen molar-refractivity contribution in [1.29, 1.82) is 0 Å². The topological polar surface area (TPSA) is 26.3 Å². The highest BCUT2D eigenvalue weighted by atomic mass is 16.5.